The second kappa shape index (κ2) is 9.33. The van der Waals surface area contributed by atoms with E-state index < -0.39 is 5.79 Å². The monoisotopic (exact) mass is 330 g/mol. The van der Waals surface area contributed by atoms with Gasteiger partial charge in [-0.2, -0.15) is 0 Å². The van der Waals surface area contributed by atoms with E-state index in [0.29, 0.717) is 6.61 Å². The minimum atomic E-state index is -0.608. The number of hydrogen-bond donors (Lipinski definition) is 0. The quantitative estimate of drug-likeness (QED) is 0.672. The van der Waals surface area contributed by atoms with Crippen LogP contribution in [0.25, 0.3) is 0 Å². The predicted octanol–water partition coefficient (Wildman–Crippen LogP) is 5.56. The zero-order chi connectivity index (χ0) is 18.1. The van der Waals surface area contributed by atoms with Crippen molar-refractivity contribution in [1.29, 1.82) is 0 Å². The maximum absolute atomic E-state index is 5.98. The van der Waals surface area contributed by atoms with Crippen LogP contribution in [0.5, 0.6) is 11.5 Å². The van der Waals surface area contributed by atoms with Gasteiger partial charge in [0.25, 0.3) is 0 Å². The van der Waals surface area contributed by atoms with Crippen molar-refractivity contribution in [3.63, 3.8) is 0 Å². The lowest BCUT2D eigenvalue weighted by molar-refractivity contribution is -0.227. The molecular weight excluding hydrogens is 300 g/mol. The summed E-state index contributed by atoms with van der Waals surface area (Å²) >= 11 is 0. The molecule has 1 atom stereocenters. The Morgan fingerprint density at radius 3 is 1.54 bits per heavy atom. The van der Waals surface area contributed by atoms with Crippen LogP contribution in [-0.4, -0.2) is 19.5 Å². The summed E-state index contributed by atoms with van der Waals surface area (Å²) in [5, 5.41) is 0. The van der Waals surface area contributed by atoms with Crippen molar-refractivity contribution in [3.8, 4) is 11.5 Å². The van der Waals surface area contributed by atoms with Crippen LogP contribution in [0.1, 0.15) is 34.6 Å². The van der Waals surface area contributed by atoms with E-state index in [0.717, 1.165) is 11.5 Å². The summed E-state index contributed by atoms with van der Waals surface area (Å²) < 4.78 is 16.7. The van der Waals surface area contributed by atoms with Gasteiger partial charge in [-0.05, 0) is 31.2 Å². The highest BCUT2D eigenvalue weighted by Gasteiger charge is 2.40. The molecule has 3 heteroatoms. The Morgan fingerprint density at radius 1 is 0.750 bits per heavy atom. The topological polar surface area (TPSA) is 27.7 Å². The molecule has 3 nitrogen and oxygen atoms in total. The third-order valence-electron chi connectivity index (χ3n) is 3.82. The number of para-hydroxylation sites is 2. The average molecular weight is 330 g/mol. The summed E-state index contributed by atoms with van der Waals surface area (Å²) in [7, 11) is 1.66. The first-order valence-corrected chi connectivity index (χ1v) is 8.29. The lowest BCUT2D eigenvalue weighted by atomic mass is 9.86. The molecule has 1 unspecified atom stereocenters. The number of hydrogen-bond acceptors (Lipinski definition) is 3. The molecule has 2 rings (SSSR count). The molecule has 0 bridgehead atoms. The van der Waals surface area contributed by atoms with Crippen LogP contribution in [0.3, 0.4) is 0 Å². The van der Waals surface area contributed by atoms with Gasteiger partial charge in [0.1, 0.15) is 11.5 Å². The van der Waals surface area contributed by atoms with E-state index in [1.807, 2.05) is 74.5 Å². The van der Waals surface area contributed by atoms with E-state index >= 15 is 0 Å². The molecule has 0 aromatic heterocycles. The molecule has 0 aliphatic carbocycles. The second-order valence-corrected chi connectivity index (χ2v) is 6.56. The largest absolute Gasteiger partial charge is 0.497 e. The molecule has 0 saturated carbocycles. The molecule has 132 valence electrons. The lowest BCUT2D eigenvalue weighted by Gasteiger charge is -2.41. The number of benzene rings is 2. The maximum atomic E-state index is 5.98. The SMILES string of the molecule is CCOC(C)(Oc1ccccc1)C(C)(C)C.COc1ccccc1. The fourth-order valence-corrected chi connectivity index (χ4v) is 1.94. The minimum absolute atomic E-state index is 0.0845. The summed E-state index contributed by atoms with van der Waals surface area (Å²) in [5.74, 6) is 1.14. The summed E-state index contributed by atoms with van der Waals surface area (Å²) in [5.41, 5.74) is -0.0845. The summed E-state index contributed by atoms with van der Waals surface area (Å²) in [6, 6.07) is 19.5. The Morgan fingerprint density at radius 2 is 1.21 bits per heavy atom. The van der Waals surface area contributed by atoms with Gasteiger partial charge in [-0.15, -0.1) is 0 Å². The highest BCUT2D eigenvalue weighted by atomic mass is 16.7. The Bertz CT molecular complexity index is 561. The predicted molar refractivity (Wildman–Crippen MR) is 99.6 cm³/mol. The lowest BCUT2D eigenvalue weighted by Crippen LogP contribution is -2.48. The van der Waals surface area contributed by atoms with Crippen molar-refractivity contribution in [2.45, 2.75) is 40.4 Å². The molecule has 0 spiro atoms. The van der Waals surface area contributed by atoms with Gasteiger partial charge in [0.2, 0.25) is 5.79 Å². The van der Waals surface area contributed by atoms with Crippen LogP contribution >= 0.6 is 0 Å². The van der Waals surface area contributed by atoms with Crippen LogP contribution in [0, 0.1) is 5.41 Å². The van der Waals surface area contributed by atoms with E-state index in [1.54, 1.807) is 7.11 Å². The zero-order valence-electron chi connectivity index (χ0n) is 15.7. The molecule has 2 aromatic rings. The van der Waals surface area contributed by atoms with E-state index in [2.05, 4.69) is 20.8 Å². The minimum Gasteiger partial charge on any atom is -0.497 e. The smallest absolute Gasteiger partial charge is 0.212 e. The third kappa shape index (κ3) is 6.25. The van der Waals surface area contributed by atoms with E-state index in [1.165, 1.54) is 0 Å². The summed E-state index contributed by atoms with van der Waals surface area (Å²) in [6.45, 7) is 11.0. The Labute approximate surface area is 146 Å². The number of ether oxygens (including phenoxy) is 3. The van der Waals surface area contributed by atoms with Crippen LogP contribution < -0.4 is 9.47 Å². The zero-order valence-corrected chi connectivity index (χ0v) is 15.7. The Hall–Kier alpha value is -2.00. The summed E-state index contributed by atoms with van der Waals surface area (Å²) in [6.07, 6.45) is 0. The van der Waals surface area contributed by atoms with Gasteiger partial charge < -0.3 is 14.2 Å². The molecule has 0 heterocycles. The van der Waals surface area contributed by atoms with Crippen LogP contribution in [0.15, 0.2) is 60.7 Å². The molecule has 0 N–H and O–H groups in total. The number of methoxy groups -OCH3 is 1. The van der Waals surface area contributed by atoms with Crippen molar-refractivity contribution in [3.05, 3.63) is 60.7 Å². The third-order valence-corrected chi connectivity index (χ3v) is 3.82. The molecule has 0 aliphatic heterocycles. The molecule has 0 amide bonds. The first kappa shape index (κ1) is 20.0. The highest BCUT2D eigenvalue weighted by molar-refractivity contribution is 5.22. The first-order valence-electron chi connectivity index (χ1n) is 8.29. The molecule has 0 saturated heterocycles. The van der Waals surface area contributed by atoms with Gasteiger partial charge in [0.05, 0.1) is 7.11 Å². The Balaban J connectivity index is 0.000000300. The standard InChI is InChI=1S/C14H22O2.C7H8O/c1-6-15-14(5,13(2,3)4)16-12-10-8-7-9-11-12;1-8-7-5-3-2-4-6-7/h7-11H,6H2,1-5H3;2-6H,1H3. The summed E-state index contributed by atoms with van der Waals surface area (Å²) in [4.78, 5) is 0. The van der Waals surface area contributed by atoms with Crippen molar-refractivity contribution in [2.75, 3.05) is 13.7 Å². The van der Waals surface area contributed by atoms with Crippen molar-refractivity contribution >= 4 is 0 Å². The fraction of sp³-hybridized carbons (Fsp3) is 0.429. The van der Waals surface area contributed by atoms with Crippen LogP contribution in [-0.2, 0) is 4.74 Å². The molecule has 0 aliphatic rings. The molecular formula is C21H30O3. The molecule has 0 fully saturated rings. The van der Waals surface area contributed by atoms with E-state index in [-0.39, 0.29) is 5.41 Å². The van der Waals surface area contributed by atoms with Gasteiger partial charge in [0.15, 0.2) is 0 Å². The maximum Gasteiger partial charge on any atom is 0.212 e. The van der Waals surface area contributed by atoms with Crippen molar-refractivity contribution in [1.82, 2.24) is 0 Å². The Kier molecular flexibility index (Phi) is 7.80. The van der Waals surface area contributed by atoms with Gasteiger partial charge in [-0.1, -0.05) is 57.2 Å². The van der Waals surface area contributed by atoms with Gasteiger partial charge in [-0.25, -0.2) is 0 Å². The van der Waals surface area contributed by atoms with Crippen molar-refractivity contribution < 1.29 is 14.2 Å². The second-order valence-electron chi connectivity index (χ2n) is 6.56. The van der Waals surface area contributed by atoms with E-state index in [9.17, 15) is 0 Å². The van der Waals surface area contributed by atoms with Crippen LogP contribution in [0.2, 0.25) is 0 Å². The number of rotatable bonds is 5. The molecule has 2 aromatic carbocycles. The highest BCUT2D eigenvalue weighted by Crippen LogP contribution is 2.35. The average Bonchev–Trinajstić information content (AvgIpc) is 2.56. The van der Waals surface area contributed by atoms with E-state index in [4.69, 9.17) is 14.2 Å². The van der Waals surface area contributed by atoms with Gasteiger partial charge in [-0.3, -0.25) is 0 Å². The fourth-order valence-electron chi connectivity index (χ4n) is 1.94. The molecule has 24 heavy (non-hydrogen) atoms. The molecule has 0 radical (unpaired) electrons. The van der Waals surface area contributed by atoms with Gasteiger partial charge in [0, 0.05) is 18.9 Å². The normalized spacial score (nSPS) is 13.2. The van der Waals surface area contributed by atoms with Crippen LogP contribution in [0.4, 0.5) is 0 Å². The first-order chi connectivity index (χ1) is 11.3. The van der Waals surface area contributed by atoms with Gasteiger partial charge >= 0.3 is 0 Å². The van der Waals surface area contributed by atoms with Crippen molar-refractivity contribution in [2.24, 2.45) is 5.41 Å².